The molecule has 0 aromatic carbocycles. The summed E-state index contributed by atoms with van der Waals surface area (Å²) < 4.78 is 25.2. The van der Waals surface area contributed by atoms with E-state index in [1.807, 2.05) is 0 Å². The molecule has 1 heterocycles. The van der Waals surface area contributed by atoms with Crippen molar-refractivity contribution in [1.82, 2.24) is 19.8 Å². The summed E-state index contributed by atoms with van der Waals surface area (Å²) in [6.45, 7) is 3.62. The molecule has 4 amide bonds. The third-order valence-electron chi connectivity index (χ3n) is 5.74. The number of carbonyl (C=O) groups is 3. The summed E-state index contributed by atoms with van der Waals surface area (Å²) in [5.41, 5.74) is 5.54. The molecule has 0 aromatic rings. The Balaban J connectivity index is 2.15. The van der Waals surface area contributed by atoms with Gasteiger partial charge in [0.1, 0.15) is 12.1 Å². The Morgan fingerprint density at radius 3 is 2.23 bits per heavy atom. The predicted octanol–water partition coefficient (Wildman–Crippen LogP) is -0.00930. The van der Waals surface area contributed by atoms with Crippen LogP contribution < -0.4 is 16.4 Å². The molecule has 0 radical (unpaired) electrons. The summed E-state index contributed by atoms with van der Waals surface area (Å²) in [5.74, 6) is -0.875. The quantitative estimate of drug-likeness (QED) is 0.505. The zero-order valence-electron chi connectivity index (χ0n) is 18.1. The minimum absolute atomic E-state index is 0.0770. The molecule has 2 fully saturated rings. The van der Waals surface area contributed by atoms with Gasteiger partial charge in [0.05, 0.1) is 6.26 Å². The van der Waals surface area contributed by atoms with Crippen LogP contribution in [0.5, 0.6) is 0 Å². The van der Waals surface area contributed by atoms with Gasteiger partial charge in [0, 0.05) is 25.7 Å². The topological polar surface area (TPSA) is 142 Å². The van der Waals surface area contributed by atoms with Crippen molar-refractivity contribution in [2.45, 2.75) is 70.5 Å². The lowest BCUT2D eigenvalue weighted by Crippen LogP contribution is -2.64. The lowest BCUT2D eigenvalue weighted by atomic mass is 9.84. The minimum Gasteiger partial charge on any atom is -0.368 e. The van der Waals surface area contributed by atoms with E-state index in [4.69, 9.17) is 5.73 Å². The van der Waals surface area contributed by atoms with Crippen molar-refractivity contribution in [3.63, 3.8) is 0 Å². The van der Waals surface area contributed by atoms with Crippen LogP contribution in [0.4, 0.5) is 4.79 Å². The van der Waals surface area contributed by atoms with E-state index in [1.54, 1.807) is 13.8 Å². The van der Waals surface area contributed by atoms with E-state index >= 15 is 0 Å². The second kappa shape index (κ2) is 10.4. The van der Waals surface area contributed by atoms with Crippen LogP contribution >= 0.6 is 0 Å². The normalized spacial score (nSPS) is 22.5. The average Bonchev–Trinajstić information content (AvgIpc) is 2.66. The summed E-state index contributed by atoms with van der Waals surface area (Å²) in [4.78, 5) is 39.0. The third kappa shape index (κ3) is 6.83. The maximum atomic E-state index is 13.1. The van der Waals surface area contributed by atoms with Gasteiger partial charge < -0.3 is 21.3 Å². The molecule has 0 unspecified atom stereocenters. The number of sulfonamides is 1. The molecule has 0 bridgehead atoms. The molecule has 4 N–H and O–H groups in total. The van der Waals surface area contributed by atoms with Crippen LogP contribution in [0, 0.1) is 5.92 Å². The largest absolute Gasteiger partial charge is 0.368 e. The number of hydrogen-bond donors (Lipinski definition) is 3. The van der Waals surface area contributed by atoms with Crippen molar-refractivity contribution in [1.29, 1.82) is 0 Å². The Bertz CT molecular complexity index is 736. The molecular formula is C19H35N5O5S. The van der Waals surface area contributed by atoms with Crippen LogP contribution in [0.3, 0.4) is 0 Å². The van der Waals surface area contributed by atoms with Crippen LogP contribution in [0.2, 0.25) is 0 Å². The minimum atomic E-state index is -3.53. The van der Waals surface area contributed by atoms with Crippen molar-refractivity contribution in [3.05, 3.63) is 0 Å². The molecule has 1 saturated heterocycles. The van der Waals surface area contributed by atoms with E-state index in [9.17, 15) is 22.8 Å². The van der Waals surface area contributed by atoms with Crippen molar-refractivity contribution >= 4 is 27.9 Å². The van der Waals surface area contributed by atoms with Gasteiger partial charge in [0.15, 0.2) is 0 Å². The van der Waals surface area contributed by atoms with Crippen LogP contribution in [0.1, 0.15) is 52.4 Å². The van der Waals surface area contributed by atoms with Gasteiger partial charge in [-0.25, -0.2) is 13.2 Å². The molecule has 11 heteroatoms. The van der Waals surface area contributed by atoms with E-state index < -0.39 is 40.0 Å². The number of piperazine rings is 1. The van der Waals surface area contributed by atoms with Crippen molar-refractivity contribution in [2.75, 3.05) is 25.9 Å². The van der Waals surface area contributed by atoms with E-state index in [0.717, 1.165) is 31.9 Å². The Kier molecular flexibility index (Phi) is 8.48. The highest BCUT2D eigenvalue weighted by Gasteiger charge is 2.39. The van der Waals surface area contributed by atoms with Gasteiger partial charge in [-0.05, 0) is 26.2 Å². The summed E-state index contributed by atoms with van der Waals surface area (Å²) in [7, 11) is -3.53. The predicted molar refractivity (Wildman–Crippen MR) is 113 cm³/mol. The highest BCUT2D eigenvalue weighted by atomic mass is 32.2. The first kappa shape index (κ1) is 24.4. The SMILES string of the molecule is CC(C)NC(=O)N1CCN(S(C)(=O)=O)C[C@@H]1C(=O)N[C@@H](CC1CCCCC1)C(N)=O. The molecule has 0 spiro atoms. The highest BCUT2D eigenvalue weighted by molar-refractivity contribution is 7.88. The van der Waals surface area contributed by atoms with Gasteiger partial charge >= 0.3 is 6.03 Å². The molecular weight excluding hydrogens is 410 g/mol. The Hall–Kier alpha value is -1.88. The van der Waals surface area contributed by atoms with E-state index in [2.05, 4.69) is 10.6 Å². The number of amides is 4. The molecule has 1 saturated carbocycles. The van der Waals surface area contributed by atoms with Gasteiger partial charge in [0.2, 0.25) is 21.8 Å². The molecule has 2 atom stereocenters. The van der Waals surface area contributed by atoms with Crippen LogP contribution in [-0.2, 0) is 19.6 Å². The first-order chi connectivity index (χ1) is 14.0. The number of carbonyl (C=O) groups excluding carboxylic acids is 3. The monoisotopic (exact) mass is 445 g/mol. The molecule has 10 nitrogen and oxygen atoms in total. The highest BCUT2D eigenvalue weighted by Crippen LogP contribution is 2.27. The number of nitrogens with zero attached hydrogens (tertiary/aromatic N) is 2. The second-order valence-electron chi connectivity index (χ2n) is 8.64. The smallest absolute Gasteiger partial charge is 0.318 e. The van der Waals surface area contributed by atoms with Crippen LogP contribution in [0.15, 0.2) is 0 Å². The number of rotatable bonds is 7. The molecule has 0 aromatic heterocycles. The standard InChI is InChI=1S/C19H35N5O5S/c1-13(2)21-19(27)24-10-9-23(30(3,28)29)12-16(24)18(26)22-15(17(20)25)11-14-7-5-4-6-8-14/h13-16H,4-12H2,1-3H3,(H2,20,25)(H,21,27)(H,22,26)/t15-,16+/m0/s1. The molecule has 2 aliphatic rings. The molecule has 1 aliphatic carbocycles. The second-order valence-corrected chi connectivity index (χ2v) is 10.6. The van der Waals surface area contributed by atoms with Gasteiger partial charge in [-0.3, -0.25) is 9.59 Å². The molecule has 30 heavy (non-hydrogen) atoms. The van der Waals surface area contributed by atoms with E-state index in [-0.39, 0.29) is 25.7 Å². The summed E-state index contributed by atoms with van der Waals surface area (Å²) in [6, 6.07) is -2.47. The Morgan fingerprint density at radius 2 is 1.70 bits per heavy atom. The summed E-state index contributed by atoms with van der Waals surface area (Å²) in [6.07, 6.45) is 6.89. The van der Waals surface area contributed by atoms with Crippen LogP contribution in [0.25, 0.3) is 0 Å². The lowest BCUT2D eigenvalue weighted by Gasteiger charge is -2.40. The van der Waals surface area contributed by atoms with Crippen molar-refractivity contribution in [2.24, 2.45) is 11.7 Å². The fourth-order valence-corrected chi connectivity index (χ4v) is 4.95. The van der Waals surface area contributed by atoms with Gasteiger partial charge in [-0.1, -0.05) is 32.1 Å². The van der Waals surface area contributed by atoms with Gasteiger partial charge in [-0.2, -0.15) is 4.31 Å². The number of urea groups is 1. The fraction of sp³-hybridized carbons (Fsp3) is 0.842. The lowest BCUT2D eigenvalue weighted by molar-refractivity contribution is -0.131. The maximum absolute atomic E-state index is 13.1. The zero-order valence-corrected chi connectivity index (χ0v) is 18.9. The van der Waals surface area contributed by atoms with E-state index in [0.29, 0.717) is 12.3 Å². The number of nitrogens with one attached hydrogen (secondary N) is 2. The number of primary amides is 1. The summed E-state index contributed by atoms with van der Waals surface area (Å²) >= 11 is 0. The molecule has 1 aliphatic heterocycles. The van der Waals surface area contributed by atoms with Crippen molar-refractivity contribution < 1.29 is 22.8 Å². The van der Waals surface area contributed by atoms with Crippen LogP contribution in [-0.4, -0.2) is 79.5 Å². The average molecular weight is 446 g/mol. The molecule has 2 rings (SSSR count). The maximum Gasteiger partial charge on any atom is 0.318 e. The zero-order chi connectivity index (χ0) is 22.5. The Morgan fingerprint density at radius 1 is 1.07 bits per heavy atom. The number of hydrogen-bond acceptors (Lipinski definition) is 5. The fourth-order valence-electron chi connectivity index (χ4n) is 4.13. The molecule has 172 valence electrons. The van der Waals surface area contributed by atoms with E-state index in [1.165, 1.54) is 15.6 Å². The third-order valence-corrected chi connectivity index (χ3v) is 7.01. The number of nitrogens with two attached hydrogens (primary N) is 1. The van der Waals surface area contributed by atoms with Gasteiger partial charge in [-0.15, -0.1) is 0 Å². The summed E-state index contributed by atoms with van der Waals surface area (Å²) in [5, 5.41) is 5.43. The first-order valence-corrected chi connectivity index (χ1v) is 12.5. The Labute approximate surface area is 179 Å². The first-order valence-electron chi connectivity index (χ1n) is 10.6. The van der Waals surface area contributed by atoms with Gasteiger partial charge in [0.25, 0.3) is 0 Å². The van der Waals surface area contributed by atoms with Crippen molar-refractivity contribution in [3.8, 4) is 0 Å².